The van der Waals surface area contributed by atoms with Gasteiger partial charge in [0.15, 0.2) is 0 Å². The van der Waals surface area contributed by atoms with Crippen LogP contribution in [-0.2, 0) is 26.2 Å². The van der Waals surface area contributed by atoms with E-state index in [4.69, 9.17) is 0 Å². The molecule has 0 fully saturated rings. The zero-order chi connectivity index (χ0) is 13.3. The van der Waals surface area contributed by atoms with Gasteiger partial charge in [0.2, 0.25) is 0 Å². The molecule has 0 N–H and O–H groups in total. The summed E-state index contributed by atoms with van der Waals surface area (Å²) < 4.78 is 0. The number of allylic oxidation sites excluding steroid dienone is 8. The smallest absolute Gasteiger partial charge is 1.00 e. The largest absolute Gasteiger partial charge is 4.00 e. The Bertz CT molecular complexity index is 321. The second-order valence-corrected chi connectivity index (χ2v) is 5.79. The van der Waals surface area contributed by atoms with Gasteiger partial charge in [0.25, 0.3) is 0 Å². The molecule has 0 amide bonds. The topological polar surface area (TPSA) is 0 Å². The molecular formula is C16H25Cl2SiZr. The third-order valence-corrected chi connectivity index (χ3v) is 2.22. The summed E-state index contributed by atoms with van der Waals surface area (Å²) in [4.78, 5) is 0. The van der Waals surface area contributed by atoms with Gasteiger partial charge in [-0.1, -0.05) is 40.8 Å². The van der Waals surface area contributed by atoms with E-state index in [9.17, 15) is 0 Å². The Balaban J connectivity index is -0.0000000956. The summed E-state index contributed by atoms with van der Waals surface area (Å²) in [5.74, 6) is 0. The van der Waals surface area contributed by atoms with Gasteiger partial charge in [-0.05, 0) is 0 Å². The van der Waals surface area contributed by atoms with Crippen LogP contribution in [-0.4, -0.2) is 9.52 Å². The molecule has 4 heteroatoms. The van der Waals surface area contributed by atoms with Crippen molar-refractivity contribution in [1.82, 2.24) is 0 Å². The van der Waals surface area contributed by atoms with Crippen molar-refractivity contribution in [2.75, 3.05) is 0 Å². The summed E-state index contributed by atoms with van der Waals surface area (Å²) in [6.07, 6.45) is 12.8. The normalized spacial score (nSPS) is 14.3. The van der Waals surface area contributed by atoms with Crippen molar-refractivity contribution in [2.45, 2.75) is 53.6 Å². The Hall–Kier alpha value is 0.640. The Morgan fingerprint density at radius 2 is 1.05 bits per heavy atom. The van der Waals surface area contributed by atoms with Gasteiger partial charge in [-0.3, -0.25) is 12.2 Å². The van der Waals surface area contributed by atoms with Crippen LogP contribution in [0.2, 0.25) is 13.1 Å². The van der Waals surface area contributed by atoms with E-state index in [1.165, 1.54) is 22.3 Å². The molecule has 0 nitrogen and oxygen atoms in total. The number of hydrogen-bond donors (Lipinski definition) is 0. The Labute approximate surface area is 160 Å². The van der Waals surface area contributed by atoms with Crippen molar-refractivity contribution in [2.24, 2.45) is 0 Å². The molecule has 2 aliphatic carbocycles. The van der Waals surface area contributed by atoms with E-state index < -0.39 is 0 Å². The molecule has 20 heavy (non-hydrogen) atoms. The summed E-state index contributed by atoms with van der Waals surface area (Å²) >= 11 is 0. The van der Waals surface area contributed by atoms with Crippen LogP contribution in [0.4, 0.5) is 0 Å². The molecule has 0 saturated carbocycles. The zero-order valence-electron chi connectivity index (χ0n) is 13.4. The van der Waals surface area contributed by atoms with E-state index in [0.29, 0.717) is 0 Å². The van der Waals surface area contributed by atoms with Crippen molar-refractivity contribution in [1.29, 1.82) is 0 Å². The average Bonchev–Trinajstić information content (AvgIpc) is 2.78. The van der Waals surface area contributed by atoms with Crippen LogP contribution in [0.3, 0.4) is 0 Å². The molecule has 1 radical (unpaired) electrons. The van der Waals surface area contributed by atoms with E-state index in [-0.39, 0.29) is 51.0 Å². The molecule has 0 aromatic heterocycles. The van der Waals surface area contributed by atoms with Crippen molar-refractivity contribution in [3.05, 3.63) is 46.6 Å². The SMILES string of the molecule is CC1=[C-]CC(C)=C1.CC1=[C-]CC(C)=C1.C[SiH]C.[Cl-].[Cl-].[Zr+4]. The van der Waals surface area contributed by atoms with E-state index in [0.717, 1.165) is 22.4 Å². The number of hydrogen-bond acceptors (Lipinski definition) is 0. The van der Waals surface area contributed by atoms with Gasteiger partial charge in [-0.15, -0.1) is 12.8 Å². The number of halogens is 2. The first kappa shape index (κ1) is 28.8. The third-order valence-electron chi connectivity index (χ3n) is 2.22. The first-order chi connectivity index (χ1) is 7.99. The minimum atomic E-state index is 0. The van der Waals surface area contributed by atoms with Crippen LogP contribution in [0.1, 0.15) is 40.5 Å². The van der Waals surface area contributed by atoms with E-state index >= 15 is 0 Å². The fourth-order valence-electron chi connectivity index (χ4n) is 1.50. The van der Waals surface area contributed by atoms with Crippen molar-refractivity contribution < 1.29 is 51.0 Å². The van der Waals surface area contributed by atoms with Gasteiger partial charge in [0, 0.05) is 9.52 Å². The van der Waals surface area contributed by atoms with E-state index in [1.807, 2.05) is 0 Å². The first-order valence-corrected chi connectivity index (χ1v) is 8.53. The molecule has 2 rings (SSSR count). The molecule has 0 aliphatic heterocycles. The monoisotopic (exact) mass is 405 g/mol. The van der Waals surface area contributed by atoms with E-state index in [2.05, 4.69) is 65.1 Å². The van der Waals surface area contributed by atoms with Crippen LogP contribution in [0.5, 0.6) is 0 Å². The predicted octanol–water partition coefficient (Wildman–Crippen LogP) is -1.30. The molecule has 0 bridgehead atoms. The van der Waals surface area contributed by atoms with E-state index in [1.54, 1.807) is 0 Å². The van der Waals surface area contributed by atoms with Crippen LogP contribution in [0.25, 0.3) is 0 Å². The molecule has 0 atom stereocenters. The maximum atomic E-state index is 3.19. The maximum absolute atomic E-state index is 3.19. The summed E-state index contributed by atoms with van der Waals surface area (Å²) in [7, 11) is 0.750. The van der Waals surface area contributed by atoms with Gasteiger partial charge in [-0.25, -0.2) is 23.3 Å². The summed E-state index contributed by atoms with van der Waals surface area (Å²) in [6.45, 7) is 12.8. The van der Waals surface area contributed by atoms with Crippen molar-refractivity contribution in [3.8, 4) is 0 Å². The van der Waals surface area contributed by atoms with Crippen molar-refractivity contribution in [3.63, 3.8) is 0 Å². The first-order valence-electron chi connectivity index (χ1n) is 6.22. The van der Waals surface area contributed by atoms with Crippen LogP contribution < -0.4 is 24.8 Å². The van der Waals surface area contributed by atoms with Gasteiger partial charge in [0.1, 0.15) is 0 Å². The van der Waals surface area contributed by atoms with Crippen LogP contribution >= 0.6 is 0 Å². The molecule has 0 heterocycles. The maximum Gasteiger partial charge on any atom is 4.00 e. The molecule has 0 aromatic rings. The predicted molar refractivity (Wildman–Crippen MR) is 80.5 cm³/mol. The second kappa shape index (κ2) is 17.7. The molecule has 0 saturated heterocycles. The number of rotatable bonds is 0. The van der Waals surface area contributed by atoms with Gasteiger partial charge in [-0.2, -0.15) is 11.1 Å². The molecule has 0 spiro atoms. The Morgan fingerprint density at radius 1 is 0.800 bits per heavy atom. The molecular weight excluding hydrogens is 382 g/mol. The Kier molecular flexibility index (Phi) is 25.4. The third kappa shape index (κ3) is 16.7. The molecule has 0 aromatic carbocycles. The molecule has 2 aliphatic rings. The minimum absolute atomic E-state index is 0. The zero-order valence-corrected chi connectivity index (χ0v) is 18.5. The molecule has 0 unspecified atom stereocenters. The standard InChI is InChI=1S/2C7H9.C2H7Si.2ClH.Zr/c2*1-6-3-4-7(2)5-6;1-3-2;;;/h2*5H,3H2,1-2H3;3H,1-2H3;2*1H;/q2*-1;;;;+4/p-2. The Morgan fingerprint density at radius 3 is 1.10 bits per heavy atom. The van der Waals surface area contributed by atoms with Gasteiger partial charge >= 0.3 is 26.2 Å². The van der Waals surface area contributed by atoms with Gasteiger partial charge < -0.3 is 24.8 Å². The quantitative estimate of drug-likeness (QED) is 0.346. The van der Waals surface area contributed by atoms with Gasteiger partial charge in [0.05, 0.1) is 0 Å². The summed E-state index contributed by atoms with van der Waals surface area (Å²) in [5.41, 5.74) is 5.44. The fourth-order valence-corrected chi connectivity index (χ4v) is 1.50. The molecule has 111 valence electrons. The van der Waals surface area contributed by atoms with Crippen molar-refractivity contribution >= 4 is 9.52 Å². The van der Waals surface area contributed by atoms with Crippen LogP contribution in [0, 0.1) is 12.2 Å². The summed E-state index contributed by atoms with van der Waals surface area (Å²) in [5, 5.41) is 0. The van der Waals surface area contributed by atoms with Crippen LogP contribution in [0.15, 0.2) is 34.4 Å². The second-order valence-electron chi connectivity index (χ2n) is 4.63. The minimum Gasteiger partial charge on any atom is -1.00 e. The fraction of sp³-hybridized carbons (Fsp3) is 0.500. The summed E-state index contributed by atoms with van der Waals surface area (Å²) in [6, 6.07) is 0. The average molecular weight is 408 g/mol.